The van der Waals surface area contributed by atoms with E-state index < -0.39 is 0 Å². The summed E-state index contributed by atoms with van der Waals surface area (Å²) in [6.07, 6.45) is 0. The van der Waals surface area contributed by atoms with E-state index >= 15 is 0 Å². The number of imidazole rings is 1. The van der Waals surface area contributed by atoms with Crippen LogP contribution >= 0.6 is 0 Å². The molecule has 1 aromatic heterocycles. The van der Waals surface area contributed by atoms with Crippen LogP contribution in [0, 0.1) is 18.3 Å². The average molecular weight is 245 g/mol. The predicted molar refractivity (Wildman–Crippen MR) is 77.5 cm³/mol. The van der Waals surface area contributed by atoms with Crippen LogP contribution < -0.4 is 5.73 Å². The van der Waals surface area contributed by atoms with Crippen molar-refractivity contribution in [2.45, 2.75) is 41.2 Å². The molecule has 0 radical (unpaired) electrons. The first kappa shape index (κ1) is 12.9. The van der Waals surface area contributed by atoms with Crippen LogP contribution in [0.5, 0.6) is 0 Å². The lowest BCUT2D eigenvalue weighted by molar-refractivity contribution is 0.236. The molecule has 0 aliphatic rings. The molecule has 1 aromatic carbocycles. The highest BCUT2D eigenvalue weighted by Crippen LogP contribution is 2.29. The Labute approximate surface area is 109 Å². The van der Waals surface area contributed by atoms with Crippen molar-refractivity contribution in [2.24, 2.45) is 11.3 Å². The number of aromatic nitrogens is 2. The Morgan fingerprint density at radius 3 is 2.61 bits per heavy atom. The molecule has 18 heavy (non-hydrogen) atoms. The van der Waals surface area contributed by atoms with Crippen LogP contribution in [-0.4, -0.2) is 9.55 Å². The summed E-state index contributed by atoms with van der Waals surface area (Å²) in [7, 11) is 0. The highest BCUT2D eigenvalue weighted by atomic mass is 15.2. The van der Waals surface area contributed by atoms with Crippen LogP contribution in [0.15, 0.2) is 18.2 Å². The molecule has 0 spiro atoms. The second kappa shape index (κ2) is 4.30. The quantitative estimate of drug-likeness (QED) is 0.878. The molecule has 3 heteroatoms. The van der Waals surface area contributed by atoms with E-state index in [9.17, 15) is 0 Å². The largest absolute Gasteiger partial charge is 0.369 e. The molecule has 0 fully saturated rings. The van der Waals surface area contributed by atoms with Crippen molar-refractivity contribution in [3.05, 3.63) is 23.8 Å². The highest BCUT2D eigenvalue weighted by molar-refractivity contribution is 5.79. The van der Waals surface area contributed by atoms with E-state index in [4.69, 9.17) is 5.73 Å². The number of anilines is 1. The summed E-state index contributed by atoms with van der Waals surface area (Å²) in [5.74, 6) is 1.16. The first-order valence-corrected chi connectivity index (χ1v) is 6.51. The molecule has 0 bridgehead atoms. The van der Waals surface area contributed by atoms with Crippen molar-refractivity contribution in [1.82, 2.24) is 9.55 Å². The first-order valence-electron chi connectivity index (χ1n) is 6.51. The lowest BCUT2D eigenvalue weighted by Gasteiger charge is -2.28. The summed E-state index contributed by atoms with van der Waals surface area (Å²) in [6.45, 7) is 12.0. The van der Waals surface area contributed by atoms with Crippen LogP contribution in [0.3, 0.4) is 0 Å². The van der Waals surface area contributed by atoms with Crippen molar-refractivity contribution in [3.8, 4) is 0 Å². The summed E-state index contributed by atoms with van der Waals surface area (Å²) in [6, 6.07) is 6.31. The number of hydrogen-bond acceptors (Lipinski definition) is 2. The first-order chi connectivity index (χ1) is 8.29. The third kappa shape index (κ3) is 2.35. The molecule has 0 saturated heterocycles. The highest BCUT2D eigenvalue weighted by Gasteiger charge is 2.22. The van der Waals surface area contributed by atoms with Gasteiger partial charge in [-0.3, -0.25) is 0 Å². The second-order valence-corrected chi connectivity index (χ2v) is 6.34. The Morgan fingerprint density at radius 1 is 1.33 bits per heavy atom. The van der Waals surface area contributed by atoms with E-state index in [0.29, 0.717) is 11.9 Å². The third-order valence-corrected chi connectivity index (χ3v) is 3.87. The van der Waals surface area contributed by atoms with Gasteiger partial charge in [-0.15, -0.1) is 0 Å². The van der Waals surface area contributed by atoms with Crippen molar-refractivity contribution >= 4 is 17.0 Å². The molecule has 0 aliphatic carbocycles. The van der Waals surface area contributed by atoms with Crippen molar-refractivity contribution in [2.75, 3.05) is 5.73 Å². The van der Waals surface area contributed by atoms with E-state index in [0.717, 1.165) is 17.6 Å². The number of benzene rings is 1. The molecular formula is C15H23N3. The minimum atomic E-state index is 0.272. The average Bonchev–Trinajstić information content (AvgIpc) is 2.53. The van der Waals surface area contributed by atoms with E-state index in [1.54, 1.807) is 0 Å². The van der Waals surface area contributed by atoms with Gasteiger partial charge in [0, 0.05) is 6.54 Å². The monoisotopic (exact) mass is 245 g/mol. The van der Waals surface area contributed by atoms with Crippen LogP contribution in [0.1, 0.15) is 33.3 Å². The Bertz CT molecular complexity index is 561. The number of nitrogen functional groups attached to an aromatic ring is 1. The molecular weight excluding hydrogens is 222 g/mol. The molecule has 0 amide bonds. The van der Waals surface area contributed by atoms with Gasteiger partial charge < -0.3 is 10.3 Å². The van der Waals surface area contributed by atoms with Crippen LogP contribution in [0.25, 0.3) is 11.0 Å². The molecule has 98 valence electrons. The van der Waals surface area contributed by atoms with Gasteiger partial charge >= 0.3 is 0 Å². The fourth-order valence-electron chi connectivity index (χ4n) is 2.00. The zero-order valence-corrected chi connectivity index (χ0v) is 12.0. The number of hydrogen-bond donors (Lipinski definition) is 1. The number of nitrogens with two attached hydrogens (primary N) is 1. The number of nitrogens with zero attached hydrogens (tertiary/aromatic N) is 2. The summed E-state index contributed by atoms with van der Waals surface area (Å²) in [4.78, 5) is 4.45. The minimum absolute atomic E-state index is 0.272. The lowest BCUT2D eigenvalue weighted by Crippen LogP contribution is -2.23. The molecule has 2 aromatic rings. The van der Waals surface area contributed by atoms with Crippen LogP contribution in [-0.2, 0) is 6.54 Å². The van der Waals surface area contributed by atoms with Gasteiger partial charge in [-0.1, -0.05) is 33.8 Å². The molecule has 3 nitrogen and oxygen atoms in total. The topological polar surface area (TPSA) is 43.8 Å². The van der Waals surface area contributed by atoms with E-state index in [1.165, 1.54) is 5.56 Å². The van der Waals surface area contributed by atoms with Gasteiger partial charge in [0.25, 0.3) is 0 Å². The fraction of sp³-hybridized carbons (Fsp3) is 0.533. The summed E-state index contributed by atoms with van der Waals surface area (Å²) in [5.41, 5.74) is 9.66. The summed E-state index contributed by atoms with van der Waals surface area (Å²) >= 11 is 0. The van der Waals surface area contributed by atoms with Gasteiger partial charge in [0.15, 0.2) is 0 Å². The van der Waals surface area contributed by atoms with Gasteiger partial charge in [0.1, 0.15) is 0 Å². The maximum atomic E-state index is 6.05. The van der Waals surface area contributed by atoms with E-state index in [1.807, 2.05) is 0 Å². The molecule has 0 saturated carbocycles. The van der Waals surface area contributed by atoms with Crippen molar-refractivity contribution < 1.29 is 0 Å². The van der Waals surface area contributed by atoms with Crippen LogP contribution in [0.2, 0.25) is 0 Å². The Morgan fingerprint density at radius 2 is 2.00 bits per heavy atom. The smallest absolute Gasteiger partial charge is 0.201 e. The Balaban J connectivity index is 2.42. The van der Waals surface area contributed by atoms with E-state index in [-0.39, 0.29) is 5.41 Å². The summed E-state index contributed by atoms with van der Waals surface area (Å²) in [5, 5.41) is 0. The molecule has 0 aliphatic heterocycles. The third-order valence-electron chi connectivity index (χ3n) is 3.87. The van der Waals surface area contributed by atoms with Crippen LogP contribution in [0.4, 0.5) is 5.95 Å². The minimum Gasteiger partial charge on any atom is -0.369 e. The normalized spacial score (nSPS) is 14.1. The molecule has 2 N–H and O–H groups in total. The van der Waals surface area contributed by atoms with E-state index in [2.05, 4.69) is 62.4 Å². The molecule has 1 unspecified atom stereocenters. The standard InChI is InChI=1S/C15H23N3/c1-10-6-7-13-12(8-10)17-14(16)18(13)9-11(2)15(3,4)5/h6-8,11H,9H2,1-5H3,(H2,16,17). The molecule has 1 atom stereocenters. The molecule has 2 rings (SSSR count). The SMILES string of the molecule is Cc1ccc2c(c1)nc(N)n2CC(C)C(C)(C)C. The van der Waals surface area contributed by atoms with Gasteiger partial charge in [-0.25, -0.2) is 4.98 Å². The Hall–Kier alpha value is -1.51. The zero-order valence-electron chi connectivity index (χ0n) is 12.0. The fourth-order valence-corrected chi connectivity index (χ4v) is 2.00. The maximum Gasteiger partial charge on any atom is 0.201 e. The number of fused-ring (bicyclic) bond motifs is 1. The predicted octanol–water partition coefficient (Wildman–Crippen LogP) is 3.61. The van der Waals surface area contributed by atoms with Gasteiger partial charge in [-0.05, 0) is 36.0 Å². The van der Waals surface area contributed by atoms with Gasteiger partial charge in [0.2, 0.25) is 5.95 Å². The number of rotatable bonds is 2. The van der Waals surface area contributed by atoms with Gasteiger partial charge in [-0.2, -0.15) is 0 Å². The van der Waals surface area contributed by atoms with Gasteiger partial charge in [0.05, 0.1) is 11.0 Å². The summed E-state index contributed by atoms with van der Waals surface area (Å²) < 4.78 is 2.13. The number of aryl methyl sites for hydroxylation is 1. The maximum absolute atomic E-state index is 6.05. The Kier molecular flexibility index (Phi) is 3.09. The molecule has 1 heterocycles. The van der Waals surface area contributed by atoms with Crippen molar-refractivity contribution in [1.29, 1.82) is 0 Å². The zero-order chi connectivity index (χ0) is 13.5. The van der Waals surface area contributed by atoms with Crippen molar-refractivity contribution in [3.63, 3.8) is 0 Å². The second-order valence-electron chi connectivity index (χ2n) is 6.34. The lowest BCUT2D eigenvalue weighted by atomic mass is 9.82.